The van der Waals surface area contributed by atoms with Crippen molar-refractivity contribution < 1.29 is 0 Å². The summed E-state index contributed by atoms with van der Waals surface area (Å²) in [6, 6.07) is 8.25. The van der Waals surface area contributed by atoms with Crippen molar-refractivity contribution in [3.63, 3.8) is 0 Å². The average molecular weight is 271 g/mol. The molecule has 0 amide bonds. The second-order valence-electron chi connectivity index (χ2n) is 5.08. The Morgan fingerprint density at radius 2 is 2.26 bits per heavy atom. The molecule has 98 valence electrons. The van der Waals surface area contributed by atoms with Gasteiger partial charge in [0.1, 0.15) is 0 Å². The zero-order chi connectivity index (χ0) is 13.3. The molecule has 1 N–H and O–H groups in total. The van der Waals surface area contributed by atoms with E-state index in [1.54, 1.807) is 11.8 Å². The van der Waals surface area contributed by atoms with E-state index in [1.165, 1.54) is 5.39 Å². The molecule has 0 saturated carbocycles. The van der Waals surface area contributed by atoms with E-state index in [0.29, 0.717) is 0 Å². The van der Waals surface area contributed by atoms with Crippen molar-refractivity contribution >= 4 is 33.4 Å². The van der Waals surface area contributed by atoms with E-state index in [9.17, 15) is 0 Å². The molecule has 0 fully saturated rings. The second kappa shape index (κ2) is 4.85. The summed E-state index contributed by atoms with van der Waals surface area (Å²) in [5.41, 5.74) is 1.19. The number of thioether (sulfide) groups is 1. The Hall–Kier alpha value is -1.55. The van der Waals surface area contributed by atoms with Crippen LogP contribution < -0.4 is 5.32 Å². The molecule has 1 aliphatic rings. The number of aliphatic imine (C=N–C) groups is 1. The summed E-state index contributed by atoms with van der Waals surface area (Å²) in [6.07, 6.45) is 4.79. The lowest BCUT2D eigenvalue weighted by atomic mass is 10.0. The molecule has 19 heavy (non-hydrogen) atoms. The number of hydrogen-bond acceptors (Lipinski definition) is 4. The molecule has 0 saturated heterocycles. The number of rotatable bonds is 2. The first-order valence-electron chi connectivity index (χ1n) is 6.53. The maximum absolute atomic E-state index is 4.79. The molecule has 2 heterocycles. The van der Waals surface area contributed by atoms with Crippen LogP contribution in [0.15, 0.2) is 41.7 Å². The van der Waals surface area contributed by atoms with Crippen LogP contribution >= 0.6 is 11.8 Å². The van der Waals surface area contributed by atoms with Crippen molar-refractivity contribution in [3.8, 4) is 0 Å². The highest BCUT2D eigenvalue weighted by molar-refractivity contribution is 8.14. The first-order valence-corrected chi connectivity index (χ1v) is 7.51. The molecule has 3 rings (SSSR count). The lowest BCUT2D eigenvalue weighted by molar-refractivity contribution is 0.523. The van der Waals surface area contributed by atoms with Gasteiger partial charge in [-0.3, -0.25) is 9.98 Å². The number of hydrogen-bond donors (Lipinski definition) is 1. The molecule has 2 aromatic rings. The van der Waals surface area contributed by atoms with Gasteiger partial charge >= 0.3 is 0 Å². The summed E-state index contributed by atoms with van der Waals surface area (Å²) in [4.78, 5) is 8.95. The third-order valence-electron chi connectivity index (χ3n) is 3.58. The van der Waals surface area contributed by atoms with Gasteiger partial charge in [0.2, 0.25) is 0 Å². The van der Waals surface area contributed by atoms with Crippen molar-refractivity contribution in [2.24, 2.45) is 4.99 Å². The second-order valence-corrected chi connectivity index (χ2v) is 6.05. The van der Waals surface area contributed by atoms with Crippen LogP contribution in [-0.4, -0.2) is 21.4 Å². The zero-order valence-electron chi connectivity index (χ0n) is 11.2. The summed E-state index contributed by atoms with van der Waals surface area (Å²) < 4.78 is 0. The van der Waals surface area contributed by atoms with E-state index in [0.717, 1.165) is 28.4 Å². The first kappa shape index (κ1) is 12.5. The summed E-state index contributed by atoms with van der Waals surface area (Å²) in [5.74, 6) is 1.05. The van der Waals surface area contributed by atoms with Crippen molar-refractivity contribution in [1.82, 2.24) is 4.98 Å². The fourth-order valence-electron chi connectivity index (χ4n) is 2.13. The predicted octanol–water partition coefficient (Wildman–Crippen LogP) is 3.92. The highest BCUT2D eigenvalue weighted by atomic mass is 32.2. The number of nitrogens with zero attached hydrogens (tertiary/aromatic N) is 2. The van der Waals surface area contributed by atoms with Gasteiger partial charge in [-0.15, -0.1) is 0 Å². The molecule has 1 aromatic heterocycles. The van der Waals surface area contributed by atoms with Gasteiger partial charge in [-0.05, 0) is 25.5 Å². The highest BCUT2D eigenvalue weighted by Crippen LogP contribution is 2.32. The van der Waals surface area contributed by atoms with Gasteiger partial charge in [0.25, 0.3) is 0 Å². The van der Waals surface area contributed by atoms with E-state index in [4.69, 9.17) is 4.99 Å². The van der Waals surface area contributed by atoms with Gasteiger partial charge in [0.15, 0.2) is 5.17 Å². The van der Waals surface area contributed by atoms with Crippen molar-refractivity contribution in [2.45, 2.75) is 25.8 Å². The third-order valence-corrected chi connectivity index (χ3v) is 4.81. The molecule has 0 aliphatic carbocycles. The summed E-state index contributed by atoms with van der Waals surface area (Å²) in [7, 11) is 0. The van der Waals surface area contributed by atoms with Gasteiger partial charge in [0, 0.05) is 34.6 Å². The van der Waals surface area contributed by atoms with Crippen LogP contribution in [0.3, 0.4) is 0 Å². The van der Waals surface area contributed by atoms with Crippen LogP contribution in [-0.2, 0) is 0 Å². The average Bonchev–Trinajstić information content (AvgIpc) is 2.82. The number of pyridine rings is 1. The number of fused-ring (bicyclic) bond motifs is 1. The van der Waals surface area contributed by atoms with Crippen LogP contribution in [0.1, 0.15) is 20.3 Å². The lowest BCUT2D eigenvalue weighted by Crippen LogP contribution is -2.20. The van der Waals surface area contributed by atoms with E-state index in [2.05, 4.69) is 36.3 Å². The zero-order valence-corrected chi connectivity index (χ0v) is 12.0. The Bertz CT molecular complexity index is 633. The van der Waals surface area contributed by atoms with E-state index in [1.807, 2.05) is 24.5 Å². The number of aromatic nitrogens is 1. The molecular weight excluding hydrogens is 254 g/mol. The largest absolute Gasteiger partial charge is 0.334 e. The number of anilines is 1. The minimum atomic E-state index is 0.0825. The molecule has 0 bridgehead atoms. The Morgan fingerprint density at radius 3 is 3.05 bits per heavy atom. The molecule has 0 spiro atoms. The fourth-order valence-corrected chi connectivity index (χ4v) is 3.31. The van der Waals surface area contributed by atoms with Crippen LogP contribution in [0.4, 0.5) is 5.69 Å². The molecule has 1 unspecified atom stereocenters. The van der Waals surface area contributed by atoms with Crippen LogP contribution in [0, 0.1) is 0 Å². The van der Waals surface area contributed by atoms with Gasteiger partial charge < -0.3 is 5.32 Å². The number of nitrogens with one attached hydrogen (secondary N) is 1. The quantitative estimate of drug-likeness (QED) is 0.899. The minimum absolute atomic E-state index is 0.0825. The predicted molar refractivity (Wildman–Crippen MR) is 84.0 cm³/mol. The third kappa shape index (κ3) is 2.45. The van der Waals surface area contributed by atoms with E-state index >= 15 is 0 Å². The maximum atomic E-state index is 4.79. The van der Waals surface area contributed by atoms with Gasteiger partial charge in [-0.1, -0.05) is 30.8 Å². The van der Waals surface area contributed by atoms with Crippen molar-refractivity contribution in [2.75, 3.05) is 11.1 Å². The molecule has 1 aliphatic heterocycles. The van der Waals surface area contributed by atoms with Gasteiger partial charge in [0.05, 0.1) is 5.54 Å². The first-order chi connectivity index (χ1) is 9.20. The highest BCUT2D eigenvalue weighted by Gasteiger charge is 2.28. The smallest absolute Gasteiger partial charge is 0.161 e. The number of amidine groups is 1. The molecule has 3 nitrogen and oxygen atoms in total. The fraction of sp³-hybridized carbons (Fsp3) is 0.333. The van der Waals surface area contributed by atoms with Crippen molar-refractivity contribution in [1.29, 1.82) is 0 Å². The Labute approximate surface area is 117 Å². The number of benzene rings is 1. The lowest BCUT2D eigenvalue weighted by Gasteiger charge is -2.15. The van der Waals surface area contributed by atoms with E-state index < -0.39 is 0 Å². The topological polar surface area (TPSA) is 37.3 Å². The van der Waals surface area contributed by atoms with Crippen LogP contribution in [0.2, 0.25) is 0 Å². The van der Waals surface area contributed by atoms with Crippen molar-refractivity contribution in [3.05, 3.63) is 36.7 Å². The normalized spacial score (nSPS) is 22.5. The minimum Gasteiger partial charge on any atom is -0.334 e. The monoisotopic (exact) mass is 271 g/mol. The van der Waals surface area contributed by atoms with Gasteiger partial charge in [-0.25, -0.2) is 0 Å². The summed E-state index contributed by atoms with van der Waals surface area (Å²) in [5, 5.41) is 6.81. The molecule has 4 heteroatoms. The molecular formula is C15H17N3S. The van der Waals surface area contributed by atoms with Gasteiger partial charge in [-0.2, -0.15) is 0 Å². The Kier molecular flexibility index (Phi) is 3.19. The maximum Gasteiger partial charge on any atom is 0.161 e. The van der Waals surface area contributed by atoms with Crippen LogP contribution in [0.5, 0.6) is 0 Å². The Balaban J connectivity index is 1.93. The Morgan fingerprint density at radius 1 is 1.37 bits per heavy atom. The SMILES string of the molecule is CCC1(C)CSC(Nc2cccc3cnccc23)=N1. The summed E-state index contributed by atoms with van der Waals surface area (Å²) >= 11 is 1.80. The van der Waals surface area contributed by atoms with Crippen LogP contribution in [0.25, 0.3) is 10.8 Å². The molecule has 1 aromatic carbocycles. The van der Waals surface area contributed by atoms with E-state index in [-0.39, 0.29) is 5.54 Å². The summed E-state index contributed by atoms with van der Waals surface area (Å²) in [6.45, 7) is 4.40. The standard InChI is InChI=1S/C15H17N3S/c1-3-15(2)10-19-14(18-15)17-13-6-4-5-11-9-16-8-7-12(11)13/h4-9H,3,10H2,1-2H3,(H,17,18). The molecule has 1 atom stereocenters. The molecule has 0 radical (unpaired) electrons.